The van der Waals surface area contributed by atoms with E-state index in [-0.39, 0.29) is 30.4 Å². The normalized spacial score (nSPS) is 14.1. The van der Waals surface area contributed by atoms with E-state index in [1.807, 2.05) is 91.3 Å². The van der Waals surface area contributed by atoms with Crippen molar-refractivity contribution in [3.05, 3.63) is 90.6 Å². The average Bonchev–Trinajstić information content (AvgIpc) is 3.79. The number of anilines is 1. The summed E-state index contributed by atoms with van der Waals surface area (Å²) < 4.78 is 18.7. The maximum absolute atomic E-state index is 14.4. The number of hydrogen-bond acceptors (Lipinski definition) is 7. The van der Waals surface area contributed by atoms with E-state index in [1.54, 1.807) is 38.4 Å². The summed E-state index contributed by atoms with van der Waals surface area (Å²) in [5.41, 5.74) is 3.18. The third-order valence-corrected chi connectivity index (χ3v) is 7.85. The zero-order chi connectivity index (χ0) is 31.9. The van der Waals surface area contributed by atoms with Crippen molar-refractivity contribution in [3.63, 3.8) is 0 Å². The fourth-order valence-corrected chi connectivity index (χ4v) is 5.29. The first kappa shape index (κ1) is 31.7. The van der Waals surface area contributed by atoms with Gasteiger partial charge in [-0.3, -0.25) is 24.8 Å². The first-order valence-electron chi connectivity index (χ1n) is 15.1. The van der Waals surface area contributed by atoms with E-state index in [0.29, 0.717) is 28.7 Å². The maximum Gasteiger partial charge on any atom is 0.246 e. The number of amides is 2. The van der Waals surface area contributed by atoms with Crippen molar-refractivity contribution >= 4 is 17.8 Å². The van der Waals surface area contributed by atoms with Gasteiger partial charge in [-0.05, 0) is 56.5 Å². The Morgan fingerprint density at radius 3 is 2.20 bits per heavy atom. The number of benzene rings is 3. The van der Waals surface area contributed by atoms with E-state index in [2.05, 4.69) is 10.6 Å². The van der Waals surface area contributed by atoms with E-state index >= 15 is 0 Å². The van der Waals surface area contributed by atoms with Crippen LogP contribution in [-0.4, -0.2) is 72.5 Å². The van der Waals surface area contributed by atoms with Crippen molar-refractivity contribution in [2.24, 2.45) is 0 Å². The summed E-state index contributed by atoms with van der Waals surface area (Å²) in [6, 6.07) is 24.9. The van der Waals surface area contributed by atoms with E-state index in [0.717, 1.165) is 24.1 Å². The number of aromatic nitrogens is 2. The molecule has 3 aromatic carbocycles. The highest BCUT2D eigenvalue weighted by Crippen LogP contribution is 2.34. The molecule has 45 heavy (non-hydrogen) atoms. The van der Waals surface area contributed by atoms with Gasteiger partial charge in [-0.15, -0.1) is 0 Å². The molecule has 1 aliphatic rings. The fraction of sp³-hybridized carbons (Fsp3) is 0.343. The molecule has 5 rings (SSSR count). The lowest BCUT2D eigenvalue weighted by Crippen LogP contribution is -2.50. The van der Waals surface area contributed by atoms with Crippen molar-refractivity contribution < 1.29 is 23.8 Å². The SMILES string of the molecule is COc1ccc(C(C(=O)N(CC(=O)Nc2nc(-c3ccccc3)cn2-c2ccccc2)C(C)C)C(NC2CC2)OC)cc1OC. The molecule has 2 N–H and O–H groups in total. The molecule has 4 aromatic rings. The Kier molecular flexibility index (Phi) is 10.2. The van der Waals surface area contributed by atoms with Crippen LogP contribution in [0.1, 0.15) is 38.2 Å². The molecule has 0 bridgehead atoms. The van der Waals surface area contributed by atoms with Gasteiger partial charge in [0.1, 0.15) is 18.7 Å². The number of para-hydroxylation sites is 1. The molecule has 1 aromatic heterocycles. The van der Waals surface area contributed by atoms with Crippen LogP contribution in [0.3, 0.4) is 0 Å². The van der Waals surface area contributed by atoms with E-state index in [4.69, 9.17) is 19.2 Å². The molecule has 10 heteroatoms. The number of imidazole rings is 1. The van der Waals surface area contributed by atoms with Gasteiger partial charge < -0.3 is 19.1 Å². The van der Waals surface area contributed by atoms with Gasteiger partial charge in [-0.1, -0.05) is 54.6 Å². The number of hydrogen-bond donors (Lipinski definition) is 2. The van der Waals surface area contributed by atoms with Crippen molar-refractivity contribution in [3.8, 4) is 28.4 Å². The number of rotatable bonds is 14. The molecule has 2 atom stereocenters. The summed E-state index contributed by atoms with van der Waals surface area (Å²) in [5, 5.41) is 6.43. The third kappa shape index (κ3) is 7.53. The number of carbonyl (C=O) groups is 2. The highest BCUT2D eigenvalue weighted by molar-refractivity contribution is 5.95. The van der Waals surface area contributed by atoms with Crippen LogP contribution >= 0.6 is 0 Å². The molecule has 2 unspecified atom stereocenters. The second-order valence-corrected chi connectivity index (χ2v) is 11.3. The molecular formula is C35H41N5O5. The lowest BCUT2D eigenvalue weighted by molar-refractivity contribution is -0.141. The first-order chi connectivity index (χ1) is 21.8. The smallest absolute Gasteiger partial charge is 0.246 e. The number of methoxy groups -OCH3 is 3. The first-order valence-corrected chi connectivity index (χ1v) is 15.1. The highest BCUT2D eigenvalue weighted by Gasteiger charge is 2.38. The van der Waals surface area contributed by atoms with Gasteiger partial charge in [-0.2, -0.15) is 0 Å². The molecule has 0 saturated heterocycles. The molecule has 0 radical (unpaired) electrons. The Morgan fingerprint density at radius 2 is 1.60 bits per heavy atom. The van der Waals surface area contributed by atoms with Crippen molar-refractivity contribution in [2.75, 3.05) is 33.2 Å². The summed E-state index contributed by atoms with van der Waals surface area (Å²) in [4.78, 5) is 34.5. The quantitative estimate of drug-likeness (QED) is 0.188. The van der Waals surface area contributed by atoms with Gasteiger partial charge in [-0.25, -0.2) is 4.98 Å². The zero-order valence-corrected chi connectivity index (χ0v) is 26.4. The molecule has 1 aliphatic carbocycles. The molecular weight excluding hydrogens is 570 g/mol. The fourth-order valence-electron chi connectivity index (χ4n) is 5.29. The second kappa shape index (κ2) is 14.4. The van der Waals surface area contributed by atoms with Crippen LogP contribution in [0.25, 0.3) is 16.9 Å². The van der Waals surface area contributed by atoms with E-state index in [9.17, 15) is 9.59 Å². The Hall–Kier alpha value is -4.67. The topological polar surface area (TPSA) is 107 Å². The van der Waals surface area contributed by atoms with Gasteiger partial charge in [0.2, 0.25) is 17.8 Å². The Balaban J connectivity index is 1.44. The minimum atomic E-state index is -0.749. The molecule has 0 spiro atoms. The standard InChI is InChI=1S/C35H41N5O5/c1-23(2)39(34(42)32(33(45-5)36-26-17-18-26)25-16-19-29(43-3)30(20-25)44-4)22-31(41)38-35-37-28(24-12-8-6-9-13-24)21-40(35)27-14-10-7-11-15-27/h6-16,19-21,23,26,32-33,36H,17-18,22H2,1-5H3,(H,37,38,41). The Labute approximate surface area is 264 Å². The molecule has 236 valence electrons. The average molecular weight is 612 g/mol. The number of nitrogens with zero attached hydrogens (tertiary/aromatic N) is 3. The minimum Gasteiger partial charge on any atom is -0.493 e. The lowest BCUT2D eigenvalue weighted by atomic mass is 9.94. The monoisotopic (exact) mass is 611 g/mol. The predicted octanol–water partition coefficient (Wildman–Crippen LogP) is 5.24. The van der Waals surface area contributed by atoms with Gasteiger partial charge >= 0.3 is 0 Å². The number of nitrogens with one attached hydrogen (secondary N) is 2. The Morgan fingerprint density at radius 1 is 0.933 bits per heavy atom. The molecule has 2 amide bonds. The van der Waals surface area contributed by atoms with Crippen molar-refractivity contribution in [2.45, 2.75) is 50.9 Å². The molecule has 1 fully saturated rings. The number of ether oxygens (including phenoxy) is 3. The molecule has 1 heterocycles. The number of carbonyl (C=O) groups excluding carboxylic acids is 2. The van der Waals surface area contributed by atoms with Gasteiger partial charge in [0.05, 0.1) is 19.9 Å². The van der Waals surface area contributed by atoms with Gasteiger partial charge in [0.25, 0.3) is 0 Å². The van der Waals surface area contributed by atoms with Crippen LogP contribution in [0.15, 0.2) is 85.1 Å². The van der Waals surface area contributed by atoms with Gasteiger partial charge in [0.15, 0.2) is 11.5 Å². The van der Waals surface area contributed by atoms with Crippen molar-refractivity contribution in [1.82, 2.24) is 19.8 Å². The molecule has 1 saturated carbocycles. The predicted molar refractivity (Wildman–Crippen MR) is 174 cm³/mol. The summed E-state index contributed by atoms with van der Waals surface area (Å²) in [6.45, 7) is 3.61. The Bertz CT molecular complexity index is 1590. The lowest BCUT2D eigenvalue weighted by Gasteiger charge is -2.34. The second-order valence-electron chi connectivity index (χ2n) is 11.3. The van der Waals surface area contributed by atoms with Crippen LogP contribution < -0.4 is 20.1 Å². The molecule has 0 aliphatic heterocycles. The van der Waals surface area contributed by atoms with Crippen LogP contribution in [0.4, 0.5) is 5.95 Å². The van der Waals surface area contributed by atoms with E-state index < -0.39 is 12.1 Å². The highest BCUT2D eigenvalue weighted by atomic mass is 16.5. The zero-order valence-electron chi connectivity index (χ0n) is 26.4. The van der Waals surface area contributed by atoms with Crippen LogP contribution in [0.5, 0.6) is 11.5 Å². The molecule has 10 nitrogen and oxygen atoms in total. The third-order valence-electron chi connectivity index (χ3n) is 7.85. The summed E-state index contributed by atoms with van der Waals surface area (Å²) in [5.74, 6) is 0.0631. The summed E-state index contributed by atoms with van der Waals surface area (Å²) in [6.07, 6.45) is 3.31. The van der Waals surface area contributed by atoms with Crippen LogP contribution in [-0.2, 0) is 14.3 Å². The van der Waals surface area contributed by atoms with Crippen LogP contribution in [0.2, 0.25) is 0 Å². The minimum absolute atomic E-state index is 0.178. The van der Waals surface area contributed by atoms with Gasteiger partial charge in [0, 0.05) is 36.6 Å². The largest absolute Gasteiger partial charge is 0.493 e. The maximum atomic E-state index is 14.4. The van der Waals surface area contributed by atoms with Crippen LogP contribution in [0, 0.1) is 0 Å². The van der Waals surface area contributed by atoms with Crippen molar-refractivity contribution in [1.29, 1.82) is 0 Å². The summed E-state index contributed by atoms with van der Waals surface area (Å²) in [7, 11) is 4.71. The van der Waals surface area contributed by atoms with E-state index in [1.165, 1.54) is 0 Å². The summed E-state index contributed by atoms with van der Waals surface area (Å²) >= 11 is 0.